The first-order valence-electron chi connectivity index (χ1n) is 8.85. The molecule has 0 bridgehead atoms. The highest BCUT2D eigenvalue weighted by molar-refractivity contribution is 5.91. The van der Waals surface area contributed by atoms with Crippen LogP contribution in [0.1, 0.15) is 32.7 Å². The molecule has 26 heavy (non-hydrogen) atoms. The van der Waals surface area contributed by atoms with Crippen molar-refractivity contribution in [1.82, 2.24) is 4.98 Å². The second-order valence-corrected chi connectivity index (χ2v) is 6.65. The minimum Gasteiger partial charge on any atom is -0.421 e. The fraction of sp³-hybridized carbons (Fsp3) is 0.400. The van der Waals surface area contributed by atoms with E-state index in [1.54, 1.807) is 12.1 Å². The number of pyridine rings is 1. The number of rotatable bonds is 3. The van der Waals surface area contributed by atoms with E-state index in [1.165, 1.54) is 0 Å². The molecule has 0 atom stereocenters. The van der Waals surface area contributed by atoms with Crippen LogP contribution in [-0.4, -0.2) is 37.3 Å². The molecule has 1 fully saturated rings. The number of anilines is 1. The van der Waals surface area contributed by atoms with Crippen LogP contribution in [0.5, 0.6) is 5.75 Å². The number of benzene rings is 1. The zero-order chi connectivity index (χ0) is 18.1. The summed E-state index contributed by atoms with van der Waals surface area (Å²) in [5.74, 6) is 1.08. The van der Waals surface area contributed by atoms with Gasteiger partial charge in [-0.25, -0.2) is 9.78 Å². The molecule has 1 aromatic heterocycles. The Morgan fingerprint density at radius 3 is 2.46 bits per heavy atom. The minimum absolute atomic E-state index is 0.372. The number of hydrogen-bond acceptors (Lipinski definition) is 6. The number of fused-ring (bicyclic) bond motifs is 1. The van der Waals surface area contributed by atoms with Crippen molar-refractivity contribution in [2.75, 3.05) is 31.2 Å². The van der Waals surface area contributed by atoms with Gasteiger partial charge in [-0.05, 0) is 26.0 Å². The van der Waals surface area contributed by atoms with Gasteiger partial charge in [0.2, 0.25) is 0 Å². The van der Waals surface area contributed by atoms with Crippen LogP contribution >= 0.6 is 0 Å². The van der Waals surface area contributed by atoms with E-state index < -0.39 is 0 Å². The third-order valence-corrected chi connectivity index (χ3v) is 4.80. The van der Waals surface area contributed by atoms with Crippen LogP contribution in [0.2, 0.25) is 0 Å². The number of ether oxygens (including phenoxy) is 3. The highest BCUT2D eigenvalue weighted by Gasteiger charge is 2.28. The van der Waals surface area contributed by atoms with Crippen LogP contribution in [0, 0.1) is 13.8 Å². The molecule has 3 heterocycles. The minimum atomic E-state index is -0.372. The molecule has 2 aliphatic rings. The highest BCUT2D eigenvalue weighted by Crippen LogP contribution is 2.37. The van der Waals surface area contributed by atoms with Crippen LogP contribution in [-0.2, 0) is 22.7 Å². The van der Waals surface area contributed by atoms with Crippen LogP contribution in [0.4, 0.5) is 5.82 Å². The molecule has 2 aliphatic heterocycles. The first kappa shape index (κ1) is 17.0. The van der Waals surface area contributed by atoms with Crippen molar-refractivity contribution in [3.63, 3.8) is 0 Å². The summed E-state index contributed by atoms with van der Waals surface area (Å²) in [4.78, 5) is 19.5. The summed E-state index contributed by atoms with van der Waals surface area (Å²) in [6.07, 6.45) is 0. The quantitative estimate of drug-likeness (QED) is 0.790. The Hall–Kier alpha value is -2.44. The molecule has 0 spiro atoms. The maximum absolute atomic E-state index is 12.5. The third kappa shape index (κ3) is 3.18. The highest BCUT2D eigenvalue weighted by atomic mass is 16.5. The summed E-state index contributed by atoms with van der Waals surface area (Å²) in [7, 11) is 0. The number of hydrogen-bond donors (Lipinski definition) is 0. The molecule has 1 aromatic carbocycles. The zero-order valence-corrected chi connectivity index (χ0v) is 15.1. The number of nitrogens with zero attached hydrogens (tertiary/aromatic N) is 2. The number of aromatic nitrogens is 1. The Kier molecular flexibility index (Phi) is 4.61. The van der Waals surface area contributed by atoms with Gasteiger partial charge in [-0.3, -0.25) is 0 Å². The van der Waals surface area contributed by atoms with Gasteiger partial charge in [-0.2, -0.15) is 0 Å². The van der Waals surface area contributed by atoms with Crippen molar-refractivity contribution in [1.29, 1.82) is 0 Å². The van der Waals surface area contributed by atoms with Gasteiger partial charge in [0.15, 0.2) is 5.75 Å². The first-order chi connectivity index (χ1) is 12.6. The molecule has 0 aliphatic carbocycles. The van der Waals surface area contributed by atoms with Crippen LogP contribution in [0.3, 0.4) is 0 Å². The maximum atomic E-state index is 12.5. The van der Waals surface area contributed by atoms with Gasteiger partial charge in [0, 0.05) is 24.2 Å². The SMILES string of the molecule is Cc1ccc(C(=O)Oc2c(C)nc(N3CCOCC3)c3c2COC3)cc1. The Morgan fingerprint density at radius 2 is 1.73 bits per heavy atom. The van der Waals surface area contributed by atoms with E-state index in [4.69, 9.17) is 19.2 Å². The van der Waals surface area contributed by atoms with Gasteiger partial charge in [0.25, 0.3) is 0 Å². The van der Waals surface area contributed by atoms with Gasteiger partial charge < -0.3 is 19.1 Å². The normalized spacial score (nSPS) is 16.5. The fourth-order valence-corrected chi connectivity index (χ4v) is 3.34. The van der Waals surface area contributed by atoms with Crippen molar-refractivity contribution < 1.29 is 19.0 Å². The van der Waals surface area contributed by atoms with Gasteiger partial charge in [-0.15, -0.1) is 0 Å². The second kappa shape index (κ2) is 7.05. The molecule has 0 radical (unpaired) electrons. The smallest absolute Gasteiger partial charge is 0.343 e. The molecule has 2 aromatic rings. The van der Waals surface area contributed by atoms with Gasteiger partial charge >= 0.3 is 5.97 Å². The maximum Gasteiger partial charge on any atom is 0.343 e. The van der Waals surface area contributed by atoms with Crippen molar-refractivity contribution >= 4 is 11.8 Å². The number of morpholine rings is 1. The average Bonchev–Trinajstić information content (AvgIpc) is 3.14. The average molecular weight is 354 g/mol. The third-order valence-electron chi connectivity index (χ3n) is 4.80. The summed E-state index contributed by atoms with van der Waals surface area (Å²) in [5.41, 5.74) is 4.28. The van der Waals surface area contributed by atoms with E-state index in [1.807, 2.05) is 26.0 Å². The van der Waals surface area contributed by atoms with Crippen LogP contribution in [0.15, 0.2) is 24.3 Å². The first-order valence-corrected chi connectivity index (χ1v) is 8.85. The van der Waals surface area contributed by atoms with E-state index in [-0.39, 0.29) is 5.97 Å². The van der Waals surface area contributed by atoms with Crippen molar-refractivity contribution in [2.24, 2.45) is 0 Å². The summed E-state index contributed by atoms with van der Waals surface area (Å²) in [5, 5.41) is 0. The molecule has 0 amide bonds. The standard InChI is InChI=1S/C20H22N2O4/c1-13-3-5-15(6-4-13)20(23)26-18-14(2)21-19(17-12-25-11-16(17)18)22-7-9-24-10-8-22/h3-6H,7-12H2,1-2H3. The van der Waals surface area contributed by atoms with E-state index in [0.717, 1.165) is 35.6 Å². The molecule has 0 saturated carbocycles. The number of esters is 1. The topological polar surface area (TPSA) is 60.9 Å². The lowest BCUT2D eigenvalue weighted by Gasteiger charge is -2.30. The van der Waals surface area contributed by atoms with E-state index in [0.29, 0.717) is 43.4 Å². The van der Waals surface area contributed by atoms with Crippen molar-refractivity contribution in [3.8, 4) is 5.75 Å². The molecular formula is C20H22N2O4. The molecule has 0 N–H and O–H groups in total. The number of carbonyl (C=O) groups excluding carboxylic acids is 1. The molecule has 6 nitrogen and oxygen atoms in total. The predicted octanol–water partition coefficient (Wildman–Crippen LogP) is 2.78. The molecule has 1 saturated heterocycles. The largest absolute Gasteiger partial charge is 0.421 e. The van der Waals surface area contributed by atoms with E-state index >= 15 is 0 Å². The summed E-state index contributed by atoms with van der Waals surface area (Å²) >= 11 is 0. The Bertz CT molecular complexity index is 827. The van der Waals surface area contributed by atoms with Gasteiger partial charge in [-0.1, -0.05) is 17.7 Å². The summed E-state index contributed by atoms with van der Waals surface area (Å²) < 4.78 is 16.8. The van der Waals surface area contributed by atoms with Crippen LogP contribution < -0.4 is 9.64 Å². The molecule has 136 valence electrons. The second-order valence-electron chi connectivity index (χ2n) is 6.65. The molecule has 6 heteroatoms. The van der Waals surface area contributed by atoms with Gasteiger partial charge in [0.1, 0.15) is 5.82 Å². The van der Waals surface area contributed by atoms with Crippen molar-refractivity contribution in [2.45, 2.75) is 27.1 Å². The van der Waals surface area contributed by atoms with E-state index in [2.05, 4.69) is 4.90 Å². The summed E-state index contributed by atoms with van der Waals surface area (Å²) in [6, 6.07) is 7.35. The Morgan fingerprint density at radius 1 is 1.04 bits per heavy atom. The monoisotopic (exact) mass is 354 g/mol. The lowest BCUT2D eigenvalue weighted by Crippen LogP contribution is -2.37. The lowest BCUT2D eigenvalue weighted by atomic mass is 10.1. The lowest BCUT2D eigenvalue weighted by molar-refractivity contribution is 0.0727. The van der Waals surface area contributed by atoms with Crippen LogP contribution in [0.25, 0.3) is 0 Å². The summed E-state index contributed by atoms with van der Waals surface area (Å²) in [6.45, 7) is 7.79. The van der Waals surface area contributed by atoms with Crippen molar-refractivity contribution in [3.05, 3.63) is 52.2 Å². The molecule has 4 rings (SSSR count). The number of carbonyl (C=O) groups is 1. The fourth-order valence-electron chi connectivity index (χ4n) is 3.34. The van der Waals surface area contributed by atoms with E-state index in [9.17, 15) is 4.79 Å². The zero-order valence-electron chi connectivity index (χ0n) is 15.1. The van der Waals surface area contributed by atoms with Gasteiger partial charge in [0.05, 0.1) is 37.7 Å². The number of aryl methyl sites for hydroxylation is 2. The molecule has 0 unspecified atom stereocenters. The Balaban J connectivity index is 1.65. The molecular weight excluding hydrogens is 332 g/mol. The Labute approximate surface area is 152 Å². The predicted molar refractivity (Wildman–Crippen MR) is 96.6 cm³/mol.